The molecule has 0 saturated heterocycles. The van der Waals surface area contributed by atoms with Crippen molar-refractivity contribution >= 4 is 6.03 Å². The quantitative estimate of drug-likeness (QED) is 0.637. The number of rotatable bonds is 8. The molecule has 1 heterocycles. The number of furan rings is 1. The van der Waals surface area contributed by atoms with Crippen molar-refractivity contribution in [1.82, 2.24) is 10.2 Å². The fourth-order valence-corrected chi connectivity index (χ4v) is 3.61. The van der Waals surface area contributed by atoms with E-state index in [1.165, 1.54) is 18.6 Å². The van der Waals surface area contributed by atoms with E-state index in [1.807, 2.05) is 24.0 Å². The molecule has 1 aromatic carbocycles. The smallest absolute Gasteiger partial charge is 0.387 e. The Kier molecular flexibility index (Phi) is 5.48. The number of ether oxygens (including phenoxy) is 1. The van der Waals surface area contributed by atoms with Crippen molar-refractivity contribution in [3.05, 3.63) is 53.5 Å². The summed E-state index contributed by atoms with van der Waals surface area (Å²) in [6, 6.07) is 10.1. The van der Waals surface area contributed by atoms with Gasteiger partial charge in [-0.25, -0.2) is 4.79 Å². The topological polar surface area (TPSA) is 54.7 Å². The van der Waals surface area contributed by atoms with Gasteiger partial charge in [-0.2, -0.15) is 8.78 Å². The van der Waals surface area contributed by atoms with Crippen LogP contribution in [0.15, 0.2) is 40.8 Å². The van der Waals surface area contributed by atoms with Gasteiger partial charge < -0.3 is 19.4 Å². The van der Waals surface area contributed by atoms with Crippen molar-refractivity contribution in [3.63, 3.8) is 0 Å². The van der Waals surface area contributed by atoms with E-state index in [2.05, 4.69) is 17.0 Å². The molecule has 2 fully saturated rings. The van der Waals surface area contributed by atoms with Crippen LogP contribution in [0.2, 0.25) is 0 Å². The third-order valence-corrected chi connectivity index (χ3v) is 5.68. The molecular weight excluding hydrogens is 378 g/mol. The van der Waals surface area contributed by atoms with E-state index in [0.717, 1.165) is 29.9 Å². The Morgan fingerprint density at radius 2 is 1.93 bits per heavy atom. The average Bonchev–Trinajstić information content (AvgIpc) is 3.60. The molecule has 0 spiro atoms. The number of alkyl halides is 2. The van der Waals surface area contributed by atoms with E-state index in [0.29, 0.717) is 18.4 Å². The molecule has 0 radical (unpaired) electrons. The lowest BCUT2D eigenvalue weighted by Crippen LogP contribution is -2.41. The molecule has 2 aliphatic carbocycles. The summed E-state index contributed by atoms with van der Waals surface area (Å²) in [4.78, 5) is 14.7. The van der Waals surface area contributed by atoms with Crippen LogP contribution in [0, 0.1) is 5.92 Å². The number of halogens is 2. The van der Waals surface area contributed by atoms with Crippen LogP contribution in [0.5, 0.6) is 5.75 Å². The molecule has 2 aliphatic rings. The fraction of sp³-hybridized carbons (Fsp3) is 0.500. The largest absolute Gasteiger partial charge is 0.464 e. The molecule has 4 rings (SSSR count). The molecule has 29 heavy (non-hydrogen) atoms. The first-order valence-corrected chi connectivity index (χ1v) is 10.1. The van der Waals surface area contributed by atoms with Crippen LogP contribution in [-0.2, 0) is 6.54 Å². The molecule has 0 aliphatic heterocycles. The molecule has 2 saturated carbocycles. The SMILES string of the molecule is CC(NC(=O)N(Cc1ccc(C2CC2C)o1)C1CC1)c1ccc(OC(F)F)cc1. The average molecular weight is 404 g/mol. The second kappa shape index (κ2) is 8.05. The monoisotopic (exact) mass is 404 g/mol. The van der Waals surface area contributed by atoms with Crippen molar-refractivity contribution in [2.24, 2.45) is 5.92 Å². The van der Waals surface area contributed by atoms with Gasteiger partial charge in [0.05, 0.1) is 12.6 Å². The number of urea groups is 1. The summed E-state index contributed by atoms with van der Waals surface area (Å²) in [7, 11) is 0. The van der Waals surface area contributed by atoms with Crippen LogP contribution in [0.3, 0.4) is 0 Å². The summed E-state index contributed by atoms with van der Waals surface area (Å²) >= 11 is 0. The van der Waals surface area contributed by atoms with Crippen LogP contribution in [0.1, 0.15) is 62.2 Å². The maximum Gasteiger partial charge on any atom is 0.387 e. The highest BCUT2D eigenvalue weighted by molar-refractivity contribution is 5.75. The summed E-state index contributed by atoms with van der Waals surface area (Å²) in [6.45, 7) is 1.68. The van der Waals surface area contributed by atoms with E-state index in [9.17, 15) is 13.6 Å². The first-order valence-electron chi connectivity index (χ1n) is 10.1. The minimum atomic E-state index is -2.85. The molecule has 156 valence electrons. The first kappa shape index (κ1) is 19.7. The molecule has 7 heteroatoms. The van der Waals surface area contributed by atoms with Gasteiger partial charge in [0.1, 0.15) is 17.3 Å². The lowest BCUT2D eigenvalue weighted by molar-refractivity contribution is -0.0498. The third kappa shape index (κ3) is 4.89. The zero-order valence-corrected chi connectivity index (χ0v) is 16.6. The highest BCUT2D eigenvalue weighted by atomic mass is 19.3. The summed E-state index contributed by atoms with van der Waals surface area (Å²) in [5.41, 5.74) is 0.818. The number of hydrogen-bond donors (Lipinski definition) is 1. The number of amides is 2. The molecule has 1 aromatic heterocycles. The van der Waals surface area contributed by atoms with Crippen LogP contribution >= 0.6 is 0 Å². The highest BCUT2D eigenvalue weighted by Crippen LogP contribution is 2.47. The van der Waals surface area contributed by atoms with Gasteiger partial charge in [-0.1, -0.05) is 19.1 Å². The first-order chi connectivity index (χ1) is 13.9. The molecule has 0 bridgehead atoms. The Bertz CT molecular complexity index is 848. The summed E-state index contributed by atoms with van der Waals surface area (Å²) in [6.07, 6.45) is 3.15. The summed E-state index contributed by atoms with van der Waals surface area (Å²) < 4.78 is 34.9. The Balaban J connectivity index is 1.36. The molecule has 1 N–H and O–H groups in total. The van der Waals surface area contributed by atoms with Gasteiger partial charge in [-0.05, 0) is 61.9 Å². The third-order valence-electron chi connectivity index (χ3n) is 5.68. The maximum absolute atomic E-state index is 12.9. The molecule has 2 aromatic rings. The Hall–Kier alpha value is -2.57. The predicted octanol–water partition coefficient (Wildman–Crippen LogP) is 5.44. The minimum Gasteiger partial charge on any atom is -0.464 e. The van der Waals surface area contributed by atoms with Gasteiger partial charge in [-0.15, -0.1) is 0 Å². The highest BCUT2D eigenvalue weighted by Gasteiger charge is 2.37. The number of benzene rings is 1. The molecule has 3 unspecified atom stereocenters. The van der Waals surface area contributed by atoms with Crippen molar-refractivity contribution in [2.75, 3.05) is 0 Å². The van der Waals surface area contributed by atoms with Crippen LogP contribution < -0.4 is 10.1 Å². The standard InChI is InChI=1S/C22H26F2N2O3/c1-13-11-19(13)20-10-9-18(28-20)12-26(16-5-6-16)22(27)25-14(2)15-3-7-17(8-4-15)29-21(23)24/h3-4,7-10,13-14,16,19,21H,5-6,11-12H2,1-2H3,(H,25,27). The Labute approximate surface area is 169 Å². The van der Waals surface area contributed by atoms with Gasteiger partial charge >= 0.3 is 12.6 Å². The van der Waals surface area contributed by atoms with E-state index in [-0.39, 0.29) is 23.9 Å². The Morgan fingerprint density at radius 1 is 1.24 bits per heavy atom. The van der Waals surface area contributed by atoms with E-state index in [1.54, 1.807) is 12.1 Å². The van der Waals surface area contributed by atoms with E-state index >= 15 is 0 Å². The molecule has 3 atom stereocenters. The van der Waals surface area contributed by atoms with E-state index < -0.39 is 6.61 Å². The van der Waals surface area contributed by atoms with Gasteiger partial charge in [0, 0.05) is 12.0 Å². The molecule has 5 nitrogen and oxygen atoms in total. The number of nitrogens with one attached hydrogen (secondary N) is 1. The van der Waals surface area contributed by atoms with Crippen molar-refractivity contribution in [1.29, 1.82) is 0 Å². The van der Waals surface area contributed by atoms with Gasteiger partial charge in [-0.3, -0.25) is 0 Å². The number of carbonyl (C=O) groups excluding carboxylic acids is 1. The van der Waals surface area contributed by atoms with Gasteiger partial charge in [0.25, 0.3) is 0 Å². The van der Waals surface area contributed by atoms with Gasteiger partial charge in [0.2, 0.25) is 0 Å². The zero-order chi connectivity index (χ0) is 20.5. The van der Waals surface area contributed by atoms with Crippen molar-refractivity contribution in [2.45, 2.75) is 64.3 Å². The Morgan fingerprint density at radius 3 is 2.52 bits per heavy atom. The molecule has 2 amide bonds. The summed E-state index contributed by atoms with van der Waals surface area (Å²) in [5.74, 6) is 3.12. The predicted molar refractivity (Wildman–Crippen MR) is 104 cm³/mol. The van der Waals surface area contributed by atoms with Gasteiger partial charge in [0.15, 0.2) is 0 Å². The number of carbonyl (C=O) groups is 1. The minimum absolute atomic E-state index is 0.0977. The summed E-state index contributed by atoms with van der Waals surface area (Å²) in [5, 5.41) is 3.00. The second-order valence-electron chi connectivity index (χ2n) is 8.10. The van der Waals surface area contributed by atoms with Crippen molar-refractivity contribution < 1.29 is 22.7 Å². The van der Waals surface area contributed by atoms with E-state index in [4.69, 9.17) is 4.42 Å². The zero-order valence-electron chi connectivity index (χ0n) is 16.6. The maximum atomic E-state index is 12.9. The van der Waals surface area contributed by atoms with Crippen LogP contribution in [0.4, 0.5) is 13.6 Å². The van der Waals surface area contributed by atoms with Crippen LogP contribution in [0.25, 0.3) is 0 Å². The van der Waals surface area contributed by atoms with Crippen LogP contribution in [-0.4, -0.2) is 23.6 Å². The lowest BCUT2D eigenvalue weighted by Gasteiger charge is -2.24. The number of nitrogens with zero attached hydrogens (tertiary/aromatic N) is 1. The normalized spacial score (nSPS) is 21.7. The number of hydrogen-bond acceptors (Lipinski definition) is 3. The van der Waals surface area contributed by atoms with Crippen molar-refractivity contribution in [3.8, 4) is 5.75 Å². The lowest BCUT2D eigenvalue weighted by atomic mass is 10.1. The molecular formula is C22H26F2N2O3. The second-order valence-corrected chi connectivity index (χ2v) is 8.10. The fourth-order valence-electron chi connectivity index (χ4n) is 3.61.